The van der Waals surface area contributed by atoms with Gasteiger partial charge in [-0.3, -0.25) is 0 Å². The van der Waals surface area contributed by atoms with Crippen molar-refractivity contribution >= 4 is 23.2 Å². The highest BCUT2D eigenvalue weighted by atomic mass is 35.5. The molecule has 1 aliphatic rings. The summed E-state index contributed by atoms with van der Waals surface area (Å²) in [6.07, 6.45) is 5.55. The smallest absolute Gasteiger partial charge is 0.243 e. The predicted molar refractivity (Wildman–Crippen MR) is 81.3 cm³/mol. The third-order valence-electron chi connectivity index (χ3n) is 3.97. The van der Waals surface area contributed by atoms with Crippen molar-refractivity contribution in [3.8, 4) is 0 Å². The number of piperidine rings is 1. The molecule has 2 aromatic rings. The Balaban J connectivity index is 1.52. The van der Waals surface area contributed by atoms with E-state index in [4.69, 9.17) is 11.6 Å². The summed E-state index contributed by atoms with van der Waals surface area (Å²) in [5, 5.41) is 8.35. The standard InChI is InChI=1S/C14H20ClN5/c1-19-8-5-11(6-9-19)4-7-16-14-17-13-3-2-12(15)10-20(13)18-14/h2-3,10-11H,4-9H2,1H3,(H,16,18). The van der Waals surface area contributed by atoms with Crippen LogP contribution in [0.2, 0.25) is 5.02 Å². The Morgan fingerprint density at radius 2 is 2.15 bits per heavy atom. The molecule has 1 N–H and O–H groups in total. The summed E-state index contributed by atoms with van der Waals surface area (Å²) in [5.74, 6) is 1.50. The van der Waals surface area contributed by atoms with E-state index in [-0.39, 0.29) is 0 Å². The number of halogens is 1. The fourth-order valence-electron chi connectivity index (χ4n) is 2.67. The predicted octanol–water partition coefficient (Wildman–Crippen LogP) is 2.53. The summed E-state index contributed by atoms with van der Waals surface area (Å²) < 4.78 is 1.71. The molecule has 0 saturated carbocycles. The van der Waals surface area contributed by atoms with Gasteiger partial charge in [-0.2, -0.15) is 4.98 Å². The van der Waals surface area contributed by atoms with Crippen molar-refractivity contribution in [2.24, 2.45) is 5.92 Å². The number of rotatable bonds is 4. The Labute approximate surface area is 123 Å². The number of pyridine rings is 1. The van der Waals surface area contributed by atoms with Crippen LogP contribution in [0.5, 0.6) is 0 Å². The molecule has 1 aliphatic heterocycles. The minimum Gasteiger partial charge on any atom is -0.353 e. The number of aromatic nitrogens is 3. The second-order valence-electron chi connectivity index (χ2n) is 5.55. The largest absolute Gasteiger partial charge is 0.353 e. The molecule has 6 heteroatoms. The normalized spacial score (nSPS) is 17.7. The van der Waals surface area contributed by atoms with Crippen molar-refractivity contribution in [2.45, 2.75) is 19.3 Å². The molecular formula is C14H20ClN5. The zero-order chi connectivity index (χ0) is 13.9. The van der Waals surface area contributed by atoms with Gasteiger partial charge in [0.1, 0.15) is 0 Å². The van der Waals surface area contributed by atoms with Crippen LogP contribution in [0, 0.1) is 5.92 Å². The number of nitrogens with zero attached hydrogens (tertiary/aromatic N) is 4. The van der Waals surface area contributed by atoms with Crippen LogP contribution >= 0.6 is 11.6 Å². The first-order valence-electron chi connectivity index (χ1n) is 7.15. The first kappa shape index (κ1) is 13.6. The second-order valence-corrected chi connectivity index (χ2v) is 5.98. The SMILES string of the molecule is CN1CCC(CCNc2nc3ccc(Cl)cn3n2)CC1. The monoisotopic (exact) mass is 293 g/mol. The van der Waals surface area contributed by atoms with Crippen LogP contribution in [0.15, 0.2) is 18.3 Å². The number of fused-ring (bicyclic) bond motifs is 1. The zero-order valence-electron chi connectivity index (χ0n) is 11.7. The van der Waals surface area contributed by atoms with Crippen LogP contribution in [-0.4, -0.2) is 46.2 Å². The van der Waals surface area contributed by atoms with Crippen LogP contribution in [0.25, 0.3) is 5.65 Å². The quantitative estimate of drug-likeness (QED) is 0.941. The van der Waals surface area contributed by atoms with Gasteiger partial charge >= 0.3 is 0 Å². The maximum absolute atomic E-state index is 5.93. The minimum atomic E-state index is 0.667. The molecule has 0 unspecified atom stereocenters. The van der Waals surface area contributed by atoms with E-state index in [9.17, 15) is 0 Å². The molecule has 0 aliphatic carbocycles. The van der Waals surface area contributed by atoms with Gasteiger partial charge in [-0.25, -0.2) is 4.52 Å². The van der Waals surface area contributed by atoms with E-state index >= 15 is 0 Å². The van der Waals surface area contributed by atoms with Gasteiger partial charge in [-0.05, 0) is 57.5 Å². The van der Waals surface area contributed by atoms with E-state index in [0.29, 0.717) is 11.0 Å². The minimum absolute atomic E-state index is 0.667. The number of anilines is 1. The number of nitrogens with one attached hydrogen (secondary N) is 1. The van der Waals surface area contributed by atoms with E-state index in [1.54, 1.807) is 10.7 Å². The number of hydrogen-bond acceptors (Lipinski definition) is 4. The van der Waals surface area contributed by atoms with E-state index < -0.39 is 0 Å². The van der Waals surface area contributed by atoms with Gasteiger partial charge in [-0.15, -0.1) is 5.10 Å². The molecule has 0 radical (unpaired) electrons. The zero-order valence-corrected chi connectivity index (χ0v) is 12.5. The molecule has 2 aromatic heterocycles. The molecule has 0 atom stereocenters. The van der Waals surface area contributed by atoms with Gasteiger partial charge < -0.3 is 10.2 Å². The molecule has 1 fully saturated rings. The van der Waals surface area contributed by atoms with E-state index in [1.165, 1.54) is 32.4 Å². The Kier molecular flexibility index (Phi) is 4.08. The Morgan fingerprint density at radius 3 is 2.95 bits per heavy atom. The van der Waals surface area contributed by atoms with Gasteiger partial charge in [0, 0.05) is 12.7 Å². The summed E-state index contributed by atoms with van der Waals surface area (Å²) >= 11 is 5.93. The molecule has 0 aromatic carbocycles. The maximum atomic E-state index is 5.93. The lowest BCUT2D eigenvalue weighted by atomic mass is 9.94. The Hall–Kier alpha value is -1.33. The summed E-state index contributed by atoms with van der Waals surface area (Å²) in [7, 11) is 2.19. The molecule has 0 amide bonds. The van der Waals surface area contributed by atoms with Gasteiger partial charge in [0.25, 0.3) is 0 Å². The second kappa shape index (κ2) is 5.97. The molecule has 3 rings (SSSR count). The van der Waals surface area contributed by atoms with Gasteiger partial charge in [0.05, 0.1) is 5.02 Å². The maximum Gasteiger partial charge on any atom is 0.243 e. The highest BCUT2D eigenvalue weighted by molar-refractivity contribution is 6.30. The third-order valence-corrected chi connectivity index (χ3v) is 4.19. The summed E-state index contributed by atoms with van der Waals surface area (Å²) in [6, 6.07) is 3.70. The highest BCUT2D eigenvalue weighted by Crippen LogP contribution is 2.19. The summed E-state index contributed by atoms with van der Waals surface area (Å²) in [5.41, 5.74) is 0.816. The lowest BCUT2D eigenvalue weighted by molar-refractivity contribution is 0.215. The van der Waals surface area contributed by atoms with Crippen molar-refractivity contribution in [1.29, 1.82) is 0 Å². The first-order chi connectivity index (χ1) is 9.70. The topological polar surface area (TPSA) is 45.5 Å². The van der Waals surface area contributed by atoms with Crippen molar-refractivity contribution in [3.05, 3.63) is 23.4 Å². The van der Waals surface area contributed by atoms with Crippen LogP contribution < -0.4 is 5.32 Å². The lowest BCUT2D eigenvalue weighted by Gasteiger charge is -2.28. The van der Waals surface area contributed by atoms with Gasteiger partial charge in [0.15, 0.2) is 5.65 Å². The summed E-state index contributed by atoms with van der Waals surface area (Å²) in [6.45, 7) is 3.37. The average molecular weight is 294 g/mol. The first-order valence-corrected chi connectivity index (χ1v) is 7.53. The molecular weight excluding hydrogens is 274 g/mol. The van der Waals surface area contributed by atoms with Crippen molar-refractivity contribution < 1.29 is 0 Å². The molecule has 1 saturated heterocycles. The molecule has 5 nitrogen and oxygen atoms in total. The van der Waals surface area contributed by atoms with Crippen LogP contribution in [-0.2, 0) is 0 Å². The number of likely N-dealkylation sites (tertiary alicyclic amines) is 1. The molecule has 108 valence electrons. The number of hydrogen-bond donors (Lipinski definition) is 1. The van der Waals surface area contributed by atoms with E-state index in [2.05, 4.69) is 27.3 Å². The van der Waals surface area contributed by atoms with Crippen LogP contribution in [0.4, 0.5) is 5.95 Å². The molecule has 3 heterocycles. The molecule has 0 spiro atoms. The van der Waals surface area contributed by atoms with Crippen LogP contribution in [0.3, 0.4) is 0 Å². The highest BCUT2D eigenvalue weighted by Gasteiger charge is 2.16. The van der Waals surface area contributed by atoms with E-state index in [0.717, 1.165) is 18.1 Å². The third kappa shape index (κ3) is 3.22. The summed E-state index contributed by atoms with van der Waals surface area (Å²) in [4.78, 5) is 6.82. The fraction of sp³-hybridized carbons (Fsp3) is 0.571. The van der Waals surface area contributed by atoms with Crippen molar-refractivity contribution in [1.82, 2.24) is 19.5 Å². The van der Waals surface area contributed by atoms with Gasteiger partial charge in [-0.1, -0.05) is 11.6 Å². The van der Waals surface area contributed by atoms with Gasteiger partial charge in [0.2, 0.25) is 5.95 Å². The Morgan fingerprint density at radius 1 is 1.35 bits per heavy atom. The fourth-order valence-corrected chi connectivity index (χ4v) is 2.83. The molecule has 20 heavy (non-hydrogen) atoms. The lowest BCUT2D eigenvalue weighted by Crippen LogP contribution is -2.30. The van der Waals surface area contributed by atoms with Crippen molar-refractivity contribution in [3.63, 3.8) is 0 Å². The molecule has 0 bridgehead atoms. The Bertz CT molecular complexity index is 574. The van der Waals surface area contributed by atoms with E-state index in [1.807, 2.05) is 12.1 Å². The average Bonchev–Trinajstić information content (AvgIpc) is 2.83. The van der Waals surface area contributed by atoms with Crippen molar-refractivity contribution in [2.75, 3.05) is 32.0 Å². The van der Waals surface area contributed by atoms with Crippen LogP contribution in [0.1, 0.15) is 19.3 Å².